The fourth-order valence-electron chi connectivity index (χ4n) is 1.90. The summed E-state index contributed by atoms with van der Waals surface area (Å²) in [5, 5.41) is 0. The van der Waals surface area contributed by atoms with Gasteiger partial charge in [-0.3, -0.25) is 4.98 Å². The van der Waals surface area contributed by atoms with E-state index in [1.54, 1.807) is 12.3 Å². The molecule has 1 aromatic rings. The van der Waals surface area contributed by atoms with Crippen molar-refractivity contribution in [3.05, 3.63) is 53.6 Å². The molecule has 1 aromatic heterocycles. The Morgan fingerprint density at radius 1 is 1.41 bits per heavy atom. The van der Waals surface area contributed by atoms with Crippen molar-refractivity contribution in [3.63, 3.8) is 0 Å². The van der Waals surface area contributed by atoms with Gasteiger partial charge in [-0.2, -0.15) is 0 Å². The number of pyridine rings is 1. The van der Waals surface area contributed by atoms with E-state index in [1.807, 2.05) is 37.3 Å². The van der Waals surface area contributed by atoms with Crippen molar-refractivity contribution in [2.75, 3.05) is 0 Å². The van der Waals surface area contributed by atoms with Crippen LogP contribution in [0.15, 0.2) is 42.4 Å². The molecule has 0 spiro atoms. The quantitative estimate of drug-likeness (QED) is 0.732. The lowest BCUT2D eigenvalue weighted by Gasteiger charge is -2.14. The highest BCUT2D eigenvalue weighted by molar-refractivity contribution is 5.77. The minimum atomic E-state index is -0.135. The zero-order valence-electron chi connectivity index (χ0n) is 10.2. The summed E-state index contributed by atoms with van der Waals surface area (Å²) in [6.07, 6.45) is 9.99. The van der Waals surface area contributed by atoms with E-state index in [0.717, 1.165) is 17.7 Å². The van der Waals surface area contributed by atoms with Crippen LogP contribution in [0.2, 0.25) is 0 Å². The van der Waals surface area contributed by atoms with Crippen molar-refractivity contribution < 1.29 is 4.39 Å². The van der Waals surface area contributed by atoms with Gasteiger partial charge in [0.25, 0.3) is 0 Å². The summed E-state index contributed by atoms with van der Waals surface area (Å²) in [5.41, 5.74) is 2.41. The SMILES string of the molecule is C/C=C/c1ccc(C2=CC(C)CC=C2F)cn1. The van der Waals surface area contributed by atoms with E-state index in [2.05, 4.69) is 11.9 Å². The predicted octanol–water partition coefficient (Wildman–Crippen LogP) is 4.39. The molecule has 0 radical (unpaired) electrons. The third kappa shape index (κ3) is 2.70. The fraction of sp³-hybridized carbons (Fsp3) is 0.267. The molecule has 1 heterocycles. The predicted molar refractivity (Wildman–Crippen MR) is 69.9 cm³/mol. The van der Waals surface area contributed by atoms with Gasteiger partial charge in [0.1, 0.15) is 5.83 Å². The first-order valence-electron chi connectivity index (χ1n) is 5.87. The van der Waals surface area contributed by atoms with Crippen LogP contribution in [0.25, 0.3) is 11.6 Å². The first-order valence-corrected chi connectivity index (χ1v) is 5.87. The second-order valence-electron chi connectivity index (χ2n) is 4.32. The van der Waals surface area contributed by atoms with Crippen LogP contribution >= 0.6 is 0 Å². The van der Waals surface area contributed by atoms with Crippen LogP contribution in [0.1, 0.15) is 31.5 Å². The molecule has 1 aliphatic carbocycles. The topological polar surface area (TPSA) is 12.9 Å². The van der Waals surface area contributed by atoms with Crippen LogP contribution in [0.5, 0.6) is 0 Å². The van der Waals surface area contributed by atoms with Gasteiger partial charge < -0.3 is 0 Å². The van der Waals surface area contributed by atoms with E-state index in [1.165, 1.54) is 0 Å². The van der Waals surface area contributed by atoms with Crippen LogP contribution in [0.4, 0.5) is 4.39 Å². The lowest BCUT2D eigenvalue weighted by atomic mass is 9.93. The molecule has 2 rings (SSSR count). The molecular formula is C15H16FN. The van der Waals surface area contributed by atoms with Crippen LogP contribution in [0.3, 0.4) is 0 Å². The first kappa shape index (κ1) is 11.8. The molecular weight excluding hydrogens is 213 g/mol. The molecule has 1 atom stereocenters. The van der Waals surface area contributed by atoms with E-state index < -0.39 is 0 Å². The van der Waals surface area contributed by atoms with E-state index in [0.29, 0.717) is 11.5 Å². The number of halogens is 1. The van der Waals surface area contributed by atoms with E-state index in [4.69, 9.17) is 0 Å². The number of rotatable bonds is 2. The summed E-state index contributed by atoms with van der Waals surface area (Å²) in [4.78, 5) is 4.28. The highest BCUT2D eigenvalue weighted by Crippen LogP contribution is 2.31. The number of aromatic nitrogens is 1. The summed E-state index contributed by atoms with van der Waals surface area (Å²) in [5.74, 6) is 0.253. The maximum absolute atomic E-state index is 13.7. The zero-order valence-corrected chi connectivity index (χ0v) is 10.2. The fourth-order valence-corrected chi connectivity index (χ4v) is 1.90. The largest absolute Gasteiger partial charge is 0.256 e. The number of hydrogen-bond donors (Lipinski definition) is 0. The molecule has 1 nitrogen and oxygen atoms in total. The molecule has 0 saturated heterocycles. The molecule has 17 heavy (non-hydrogen) atoms. The molecule has 1 unspecified atom stereocenters. The van der Waals surface area contributed by atoms with Gasteiger partial charge in [-0.1, -0.05) is 25.1 Å². The summed E-state index contributed by atoms with van der Waals surface area (Å²) in [6, 6.07) is 3.82. The molecule has 0 aromatic carbocycles. The summed E-state index contributed by atoms with van der Waals surface area (Å²) in [6.45, 7) is 4.04. The highest BCUT2D eigenvalue weighted by atomic mass is 19.1. The molecule has 2 heteroatoms. The summed E-state index contributed by atoms with van der Waals surface area (Å²) in [7, 11) is 0. The van der Waals surface area contributed by atoms with Crippen LogP contribution in [0, 0.1) is 5.92 Å². The molecule has 0 bridgehead atoms. The molecule has 0 amide bonds. The lowest BCUT2D eigenvalue weighted by molar-refractivity contribution is 0.633. The van der Waals surface area contributed by atoms with E-state index in [-0.39, 0.29) is 5.83 Å². The Morgan fingerprint density at radius 2 is 2.24 bits per heavy atom. The minimum Gasteiger partial charge on any atom is -0.256 e. The summed E-state index contributed by atoms with van der Waals surface area (Å²) < 4.78 is 13.7. The number of allylic oxidation sites excluding steroid dienone is 5. The van der Waals surface area contributed by atoms with E-state index >= 15 is 0 Å². The Kier molecular flexibility index (Phi) is 3.52. The maximum Gasteiger partial charge on any atom is 0.126 e. The summed E-state index contributed by atoms with van der Waals surface area (Å²) >= 11 is 0. The zero-order chi connectivity index (χ0) is 12.3. The minimum absolute atomic E-state index is 0.135. The highest BCUT2D eigenvalue weighted by Gasteiger charge is 2.14. The average Bonchev–Trinajstić information content (AvgIpc) is 2.34. The number of hydrogen-bond acceptors (Lipinski definition) is 1. The molecule has 0 N–H and O–H groups in total. The smallest absolute Gasteiger partial charge is 0.126 e. The maximum atomic E-state index is 13.7. The van der Waals surface area contributed by atoms with Gasteiger partial charge in [-0.05, 0) is 37.5 Å². The molecule has 88 valence electrons. The average molecular weight is 229 g/mol. The third-order valence-electron chi connectivity index (χ3n) is 2.81. The Labute approximate surface area is 101 Å². The van der Waals surface area contributed by atoms with Crippen molar-refractivity contribution in [1.29, 1.82) is 0 Å². The van der Waals surface area contributed by atoms with E-state index in [9.17, 15) is 4.39 Å². The van der Waals surface area contributed by atoms with Crippen molar-refractivity contribution in [1.82, 2.24) is 4.98 Å². The number of nitrogens with zero attached hydrogens (tertiary/aromatic N) is 1. The van der Waals surface area contributed by atoms with Crippen molar-refractivity contribution in [2.24, 2.45) is 5.92 Å². The van der Waals surface area contributed by atoms with Gasteiger partial charge in [0.15, 0.2) is 0 Å². The Morgan fingerprint density at radius 3 is 2.88 bits per heavy atom. The van der Waals surface area contributed by atoms with Crippen molar-refractivity contribution in [2.45, 2.75) is 20.3 Å². The van der Waals surface area contributed by atoms with Gasteiger partial charge in [0.05, 0.1) is 5.69 Å². The first-order chi connectivity index (χ1) is 8.20. The Hall–Kier alpha value is -1.70. The van der Waals surface area contributed by atoms with Crippen molar-refractivity contribution >= 4 is 11.6 Å². The van der Waals surface area contributed by atoms with Crippen LogP contribution in [-0.2, 0) is 0 Å². The van der Waals surface area contributed by atoms with Crippen molar-refractivity contribution in [3.8, 4) is 0 Å². The Balaban J connectivity index is 2.31. The van der Waals surface area contributed by atoms with Crippen LogP contribution < -0.4 is 0 Å². The molecule has 0 fully saturated rings. The molecule has 0 aliphatic heterocycles. The normalized spacial score (nSPS) is 20.3. The van der Waals surface area contributed by atoms with Gasteiger partial charge >= 0.3 is 0 Å². The van der Waals surface area contributed by atoms with Crippen LogP contribution in [-0.4, -0.2) is 4.98 Å². The van der Waals surface area contributed by atoms with Gasteiger partial charge in [-0.25, -0.2) is 4.39 Å². The van der Waals surface area contributed by atoms with Gasteiger partial charge in [0.2, 0.25) is 0 Å². The standard InChI is InChI=1S/C15H16FN/c1-3-4-13-7-6-12(10-17-13)14-9-11(2)5-8-15(14)16/h3-4,6-11H,5H2,1-2H3/b4-3+. The second-order valence-corrected chi connectivity index (χ2v) is 4.32. The molecule has 1 aliphatic rings. The third-order valence-corrected chi connectivity index (χ3v) is 2.81. The molecule has 0 saturated carbocycles. The monoisotopic (exact) mass is 229 g/mol. The Bertz CT molecular complexity index is 480. The van der Waals surface area contributed by atoms with Gasteiger partial charge in [0, 0.05) is 17.3 Å². The van der Waals surface area contributed by atoms with Gasteiger partial charge in [-0.15, -0.1) is 0 Å². The lowest BCUT2D eigenvalue weighted by Crippen LogP contribution is -1.99. The second kappa shape index (κ2) is 5.09.